The topological polar surface area (TPSA) is 111 Å². The van der Waals surface area contributed by atoms with Gasteiger partial charge in [0.25, 0.3) is 5.91 Å². The molecule has 1 aliphatic rings. The van der Waals surface area contributed by atoms with E-state index in [0.29, 0.717) is 29.6 Å². The number of ether oxygens (including phenoxy) is 1. The van der Waals surface area contributed by atoms with Gasteiger partial charge in [0, 0.05) is 11.3 Å². The average Bonchev–Trinajstić information content (AvgIpc) is 3.54. The van der Waals surface area contributed by atoms with Crippen molar-refractivity contribution in [2.45, 2.75) is 45.7 Å². The van der Waals surface area contributed by atoms with E-state index in [9.17, 15) is 9.59 Å². The molecule has 9 heteroatoms. The van der Waals surface area contributed by atoms with Crippen LogP contribution in [0.1, 0.15) is 50.0 Å². The molecule has 33 heavy (non-hydrogen) atoms. The monoisotopic (exact) mass is 448 g/mol. The first-order valence-corrected chi connectivity index (χ1v) is 11.2. The Bertz CT molecular complexity index is 1120. The Morgan fingerprint density at radius 3 is 2.52 bits per heavy atom. The lowest BCUT2D eigenvalue weighted by atomic mass is 10.0. The quantitative estimate of drug-likeness (QED) is 0.519. The fourth-order valence-corrected chi connectivity index (χ4v) is 3.56. The molecule has 9 nitrogen and oxygen atoms in total. The van der Waals surface area contributed by atoms with Gasteiger partial charge in [0.05, 0.1) is 18.2 Å². The Morgan fingerprint density at radius 2 is 1.85 bits per heavy atom. The van der Waals surface area contributed by atoms with Gasteiger partial charge in [0.1, 0.15) is 11.8 Å². The predicted molar refractivity (Wildman–Crippen MR) is 124 cm³/mol. The van der Waals surface area contributed by atoms with Crippen LogP contribution in [0.5, 0.6) is 5.75 Å². The zero-order chi connectivity index (χ0) is 23.4. The summed E-state index contributed by atoms with van der Waals surface area (Å²) in [5, 5.41) is 17.7. The van der Waals surface area contributed by atoms with Crippen LogP contribution >= 0.6 is 0 Å². The fraction of sp³-hybridized carbons (Fsp3) is 0.375. The molecule has 0 aliphatic heterocycles. The van der Waals surface area contributed by atoms with Crippen LogP contribution in [0.3, 0.4) is 0 Å². The Hall–Kier alpha value is -3.75. The maximum Gasteiger partial charge on any atom is 0.255 e. The number of benzene rings is 2. The third kappa shape index (κ3) is 5.19. The largest absolute Gasteiger partial charge is 0.493 e. The van der Waals surface area contributed by atoms with E-state index >= 15 is 0 Å². The maximum atomic E-state index is 13.0. The van der Waals surface area contributed by atoms with Crippen LogP contribution in [-0.4, -0.2) is 44.7 Å². The van der Waals surface area contributed by atoms with Gasteiger partial charge in [-0.1, -0.05) is 26.0 Å². The van der Waals surface area contributed by atoms with Gasteiger partial charge in [-0.25, -0.2) is 4.68 Å². The molecule has 3 aromatic rings. The second-order valence-corrected chi connectivity index (χ2v) is 8.37. The van der Waals surface area contributed by atoms with Crippen molar-refractivity contribution in [3.8, 4) is 17.1 Å². The molecule has 0 bridgehead atoms. The van der Waals surface area contributed by atoms with E-state index in [1.165, 1.54) is 0 Å². The molecule has 1 aromatic heterocycles. The van der Waals surface area contributed by atoms with Crippen LogP contribution in [0.2, 0.25) is 0 Å². The molecule has 1 aliphatic carbocycles. The number of aromatic nitrogens is 4. The number of para-hydroxylation sites is 1. The molecule has 1 heterocycles. The molecule has 1 unspecified atom stereocenters. The van der Waals surface area contributed by atoms with E-state index in [2.05, 4.69) is 26.2 Å². The van der Waals surface area contributed by atoms with Crippen LogP contribution in [0.4, 0.5) is 5.69 Å². The third-order valence-corrected chi connectivity index (χ3v) is 5.46. The zero-order valence-corrected chi connectivity index (χ0v) is 19.0. The number of amides is 2. The smallest absolute Gasteiger partial charge is 0.255 e. The lowest BCUT2D eigenvalue weighted by Gasteiger charge is -2.22. The minimum Gasteiger partial charge on any atom is -0.493 e. The van der Waals surface area contributed by atoms with Crippen molar-refractivity contribution < 1.29 is 14.3 Å². The molecule has 0 saturated heterocycles. The first-order valence-electron chi connectivity index (χ1n) is 11.2. The summed E-state index contributed by atoms with van der Waals surface area (Å²) in [5.41, 5.74) is 1.91. The predicted octanol–water partition coefficient (Wildman–Crippen LogP) is 3.47. The van der Waals surface area contributed by atoms with Crippen molar-refractivity contribution in [2.75, 3.05) is 11.9 Å². The lowest BCUT2D eigenvalue weighted by molar-refractivity contribution is -0.118. The van der Waals surface area contributed by atoms with Crippen molar-refractivity contribution in [3.05, 3.63) is 54.1 Å². The van der Waals surface area contributed by atoms with Crippen molar-refractivity contribution in [1.29, 1.82) is 0 Å². The summed E-state index contributed by atoms with van der Waals surface area (Å²) in [5.74, 6) is 0.453. The molecule has 2 N–H and O–H groups in total. The first-order chi connectivity index (χ1) is 16.0. The van der Waals surface area contributed by atoms with Crippen LogP contribution in [0, 0.1) is 5.92 Å². The third-order valence-electron chi connectivity index (χ3n) is 5.46. The van der Waals surface area contributed by atoms with Gasteiger partial charge in [0.2, 0.25) is 5.91 Å². The van der Waals surface area contributed by atoms with Crippen molar-refractivity contribution in [3.63, 3.8) is 0 Å². The van der Waals surface area contributed by atoms with E-state index in [4.69, 9.17) is 4.74 Å². The van der Waals surface area contributed by atoms with Gasteiger partial charge in [0.15, 0.2) is 5.82 Å². The Kier molecular flexibility index (Phi) is 6.67. The maximum absolute atomic E-state index is 13.0. The molecular formula is C24H28N6O3. The number of anilines is 1. The first kappa shape index (κ1) is 22.4. The molecule has 2 amide bonds. The molecule has 0 spiro atoms. The molecule has 172 valence electrons. The highest BCUT2D eigenvalue weighted by molar-refractivity contribution is 6.02. The van der Waals surface area contributed by atoms with E-state index in [0.717, 1.165) is 24.2 Å². The number of hydrogen-bond donors (Lipinski definition) is 2. The van der Waals surface area contributed by atoms with Gasteiger partial charge < -0.3 is 15.4 Å². The summed E-state index contributed by atoms with van der Waals surface area (Å²) in [6, 6.07) is 14.0. The van der Waals surface area contributed by atoms with E-state index in [1.807, 2.05) is 49.7 Å². The Morgan fingerprint density at radius 1 is 1.12 bits per heavy atom. The molecule has 2 aromatic carbocycles. The summed E-state index contributed by atoms with van der Waals surface area (Å²) in [6.45, 7) is 6.08. The number of tetrazole rings is 1. The number of nitrogens with zero attached hydrogens (tertiary/aromatic N) is 4. The number of carbonyl (C=O) groups excluding carboxylic acids is 2. The molecular weight excluding hydrogens is 420 g/mol. The second-order valence-electron chi connectivity index (χ2n) is 8.37. The van der Waals surface area contributed by atoms with Crippen LogP contribution in [-0.2, 0) is 4.79 Å². The van der Waals surface area contributed by atoms with Gasteiger partial charge in [-0.15, -0.1) is 5.10 Å². The number of carbonyl (C=O) groups is 2. The number of rotatable bonds is 9. The SMILES string of the molecule is CCOc1ccccc1C(=O)NC(C(=O)Nc1ccc(-c2nnnn2C2CC2)cc1)C(C)C. The van der Waals surface area contributed by atoms with Gasteiger partial charge in [-0.3, -0.25) is 9.59 Å². The normalized spacial score (nSPS) is 14.1. The second kappa shape index (κ2) is 9.81. The molecule has 4 rings (SSSR count). The van der Waals surface area contributed by atoms with E-state index in [1.54, 1.807) is 24.3 Å². The average molecular weight is 449 g/mol. The van der Waals surface area contributed by atoms with Gasteiger partial charge >= 0.3 is 0 Å². The number of hydrogen-bond acceptors (Lipinski definition) is 6. The Balaban J connectivity index is 1.44. The molecule has 0 radical (unpaired) electrons. The summed E-state index contributed by atoms with van der Waals surface area (Å²) in [6.07, 6.45) is 2.17. The molecule has 1 saturated carbocycles. The summed E-state index contributed by atoms with van der Waals surface area (Å²) < 4.78 is 7.39. The zero-order valence-electron chi connectivity index (χ0n) is 19.0. The minimum absolute atomic E-state index is 0.115. The van der Waals surface area contributed by atoms with E-state index < -0.39 is 6.04 Å². The van der Waals surface area contributed by atoms with Gasteiger partial charge in [-0.2, -0.15) is 0 Å². The van der Waals surface area contributed by atoms with Crippen LogP contribution in [0.25, 0.3) is 11.4 Å². The number of nitrogens with one attached hydrogen (secondary N) is 2. The summed E-state index contributed by atoms with van der Waals surface area (Å²) in [4.78, 5) is 25.9. The molecule has 1 fully saturated rings. The highest BCUT2D eigenvalue weighted by Gasteiger charge is 2.28. The van der Waals surface area contributed by atoms with E-state index in [-0.39, 0.29) is 17.7 Å². The summed E-state index contributed by atoms with van der Waals surface area (Å²) in [7, 11) is 0. The van der Waals surface area contributed by atoms with Crippen LogP contribution in [0.15, 0.2) is 48.5 Å². The fourth-order valence-electron chi connectivity index (χ4n) is 3.56. The van der Waals surface area contributed by atoms with Crippen molar-refractivity contribution in [1.82, 2.24) is 25.5 Å². The van der Waals surface area contributed by atoms with Gasteiger partial charge in [-0.05, 0) is 72.5 Å². The minimum atomic E-state index is -0.714. The lowest BCUT2D eigenvalue weighted by Crippen LogP contribution is -2.47. The van der Waals surface area contributed by atoms with Crippen LogP contribution < -0.4 is 15.4 Å². The highest BCUT2D eigenvalue weighted by Crippen LogP contribution is 2.36. The highest BCUT2D eigenvalue weighted by atomic mass is 16.5. The van der Waals surface area contributed by atoms with Crippen molar-refractivity contribution >= 4 is 17.5 Å². The summed E-state index contributed by atoms with van der Waals surface area (Å²) >= 11 is 0. The van der Waals surface area contributed by atoms with Crippen molar-refractivity contribution in [2.24, 2.45) is 5.92 Å². The molecule has 1 atom stereocenters. The standard InChI is InChI=1S/C24H28N6O3/c1-4-33-20-8-6-5-7-19(20)23(31)26-21(15(2)3)24(32)25-17-11-9-16(10-12-17)22-27-28-29-30(22)18-13-14-18/h5-12,15,18,21H,4,13-14H2,1-3H3,(H,25,32)(H,26,31). The Labute approximate surface area is 192 Å².